The van der Waals surface area contributed by atoms with Gasteiger partial charge >= 0.3 is 0 Å². The van der Waals surface area contributed by atoms with Crippen LogP contribution in [0.3, 0.4) is 0 Å². The molecule has 0 bridgehead atoms. The van der Waals surface area contributed by atoms with Crippen LogP contribution in [0.5, 0.6) is 0 Å². The van der Waals surface area contributed by atoms with Crippen LogP contribution in [0.15, 0.2) is 29.4 Å². The van der Waals surface area contributed by atoms with Crippen molar-refractivity contribution in [1.29, 1.82) is 0 Å². The van der Waals surface area contributed by atoms with Crippen LogP contribution in [0.1, 0.15) is 26.7 Å². The standard InChI is InChI=1S/C11H18N2/c1-4-7-12-11(10(2)3)13-8-5-6-9-13/h4,7H,2,5-6,8-9H2,1,3H3/b7-4-,12-11?. The van der Waals surface area contributed by atoms with E-state index in [0.29, 0.717) is 0 Å². The lowest BCUT2D eigenvalue weighted by Gasteiger charge is -2.19. The molecule has 0 aromatic rings. The number of rotatable bonds is 2. The molecule has 1 aliphatic heterocycles. The smallest absolute Gasteiger partial charge is 0.130 e. The fourth-order valence-corrected chi connectivity index (χ4v) is 1.54. The van der Waals surface area contributed by atoms with E-state index >= 15 is 0 Å². The molecule has 0 unspecified atom stereocenters. The maximum absolute atomic E-state index is 4.39. The van der Waals surface area contributed by atoms with Crippen LogP contribution >= 0.6 is 0 Å². The Morgan fingerprint density at radius 3 is 2.46 bits per heavy atom. The van der Waals surface area contributed by atoms with Crippen molar-refractivity contribution in [3.63, 3.8) is 0 Å². The van der Waals surface area contributed by atoms with Crippen LogP contribution < -0.4 is 0 Å². The summed E-state index contributed by atoms with van der Waals surface area (Å²) in [4.78, 5) is 6.69. The van der Waals surface area contributed by atoms with Gasteiger partial charge in [0.1, 0.15) is 5.84 Å². The molecule has 1 heterocycles. The monoisotopic (exact) mass is 178 g/mol. The molecule has 1 saturated heterocycles. The van der Waals surface area contributed by atoms with Gasteiger partial charge in [-0.2, -0.15) is 0 Å². The summed E-state index contributed by atoms with van der Waals surface area (Å²) in [6.45, 7) is 10.2. The second-order valence-electron chi connectivity index (χ2n) is 3.41. The Kier molecular flexibility index (Phi) is 3.74. The SMILES string of the molecule is C=C(C)C(=N/C=C\C)N1CCCC1. The van der Waals surface area contributed by atoms with Crippen LogP contribution in [-0.4, -0.2) is 23.8 Å². The van der Waals surface area contributed by atoms with E-state index in [-0.39, 0.29) is 0 Å². The minimum Gasteiger partial charge on any atom is -0.356 e. The molecule has 0 atom stereocenters. The normalized spacial score (nSPS) is 18.6. The molecule has 0 radical (unpaired) electrons. The zero-order valence-electron chi connectivity index (χ0n) is 8.58. The highest BCUT2D eigenvalue weighted by Crippen LogP contribution is 2.12. The van der Waals surface area contributed by atoms with Gasteiger partial charge in [-0.05, 0) is 32.3 Å². The van der Waals surface area contributed by atoms with Crippen molar-refractivity contribution in [2.24, 2.45) is 4.99 Å². The van der Waals surface area contributed by atoms with Gasteiger partial charge in [-0.1, -0.05) is 12.7 Å². The van der Waals surface area contributed by atoms with E-state index in [1.807, 2.05) is 26.1 Å². The van der Waals surface area contributed by atoms with Gasteiger partial charge in [0, 0.05) is 19.3 Å². The fraction of sp³-hybridized carbons (Fsp3) is 0.545. The van der Waals surface area contributed by atoms with Gasteiger partial charge in [-0.15, -0.1) is 0 Å². The maximum atomic E-state index is 4.39. The first-order chi connectivity index (χ1) is 6.25. The molecule has 0 aliphatic carbocycles. The van der Waals surface area contributed by atoms with E-state index in [1.54, 1.807) is 0 Å². The van der Waals surface area contributed by atoms with Gasteiger partial charge in [0.15, 0.2) is 0 Å². The minimum atomic E-state index is 1.05. The fourth-order valence-electron chi connectivity index (χ4n) is 1.54. The second-order valence-corrected chi connectivity index (χ2v) is 3.41. The van der Waals surface area contributed by atoms with Gasteiger partial charge in [-0.25, -0.2) is 4.99 Å². The molecule has 0 amide bonds. The quantitative estimate of drug-likeness (QED) is 0.469. The third-order valence-electron chi connectivity index (χ3n) is 2.13. The number of allylic oxidation sites excluding steroid dienone is 1. The Morgan fingerprint density at radius 1 is 1.38 bits per heavy atom. The Hall–Kier alpha value is -1.05. The summed E-state index contributed by atoms with van der Waals surface area (Å²) in [7, 11) is 0. The molecule has 0 aromatic carbocycles. The molecule has 13 heavy (non-hydrogen) atoms. The van der Waals surface area contributed by atoms with E-state index < -0.39 is 0 Å². The lowest BCUT2D eigenvalue weighted by Crippen LogP contribution is -2.28. The zero-order chi connectivity index (χ0) is 9.68. The average molecular weight is 178 g/mol. The molecular weight excluding hydrogens is 160 g/mol. The molecule has 0 aromatic heterocycles. The highest BCUT2D eigenvalue weighted by molar-refractivity contribution is 5.97. The molecule has 1 rings (SSSR count). The predicted molar refractivity (Wildman–Crippen MR) is 57.9 cm³/mol. The zero-order valence-corrected chi connectivity index (χ0v) is 8.58. The van der Waals surface area contributed by atoms with Crippen molar-refractivity contribution in [2.75, 3.05) is 13.1 Å². The number of likely N-dealkylation sites (tertiary alicyclic amines) is 1. The predicted octanol–water partition coefficient (Wildman–Crippen LogP) is 2.59. The van der Waals surface area contributed by atoms with Gasteiger partial charge in [-0.3, -0.25) is 0 Å². The number of hydrogen-bond acceptors (Lipinski definition) is 1. The molecule has 1 fully saturated rings. The number of amidine groups is 1. The Balaban J connectivity index is 2.71. The van der Waals surface area contributed by atoms with Gasteiger partial charge in [0.25, 0.3) is 0 Å². The Labute approximate surface area is 80.7 Å². The van der Waals surface area contributed by atoms with Gasteiger partial charge < -0.3 is 4.90 Å². The largest absolute Gasteiger partial charge is 0.356 e. The van der Waals surface area contributed by atoms with Crippen LogP contribution in [0, 0.1) is 0 Å². The third kappa shape index (κ3) is 2.72. The Bertz CT molecular complexity index is 232. The van der Waals surface area contributed by atoms with E-state index in [4.69, 9.17) is 0 Å². The molecule has 0 saturated carbocycles. The first-order valence-electron chi connectivity index (χ1n) is 4.85. The van der Waals surface area contributed by atoms with Crippen LogP contribution in [0.25, 0.3) is 0 Å². The molecule has 1 aliphatic rings. The summed E-state index contributed by atoms with van der Waals surface area (Å²) < 4.78 is 0. The van der Waals surface area contributed by atoms with Crippen LogP contribution in [-0.2, 0) is 0 Å². The van der Waals surface area contributed by atoms with Crippen molar-refractivity contribution in [3.8, 4) is 0 Å². The summed E-state index contributed by atoms with van der Waals surface area (Å²) in [6, 6.07) is 0. The highest BCUT2D eigenvalue weighted by Gasteiger charge is 2.15. The molecule has 0 N–H and O–H groups in total. The van der Waals surface area contributed by atoms with Crippen molar-refractivity contribution >= 4 is 5.84 Å². The van der Waals surface area contributed by atoms with E-state index in [2.05, 4.69) is 16.5 Å². The summed E-state index contributed by atoms with van der Waals surface area (Å²) in [5.41, 5.74) is 1.06. The lowest BCUT2D eigenvalue weighted by atomic mass is 10.3. The number of hydrogen-bond donors (Lipinski definition) is 0. The number of nitrogens with zero attached hydrogens (tertiary/aromatic N) is 2. The molecule has 0 spiro atoms. The van der Waals surface area contributed by atoms with Crippen LogP contribution in [0.2, 0.25) is 0 Å². The van der Waals surface area contributed by atoms with Gasteiger partial charge in [0.2, 0.25) is 0 Å². The summed E-state index contributed by atoms with van der Waals surface area (Å²) in [5, 5.41) is 0. The summed E-state index contributed by atoms with van der Waals surface area (Å²) in [6.07, 6.45) is 6.34. The minimum absolute atomic E-state index is 1.05. The van der Waals surface area contributed by atoms with Crippen molar-refractivity contribution in [2.45, 2.75) is 26.7 Å². The topological polar surface area (TPSA) is 15.6 Å². The van der Waals surface area contributed by atoms with Crippen molar-refractivity contribution in [1.82, 2.24) is 4.90 Å². The van der Waals surface area contributed by atoms with Crippen molar-refractivity contribution in [3.05, 3.63) is 24.4 Å². The second kappa shape index (κ2) is 4.85. The third-order valence-corrected chi connectivity index (χ3v) is 2.13. The lowest BCUT2D eigenvalue weighted by molar-refractivity contribution is 0.519. The first-order valence-corrected chi connectivity index (χ1v) is 4.85. The molecule has 2 heteroatoms. The van der Waals surface area contributed by atoms with E-state index in [0.717, 1.165) is 24.5 Å². The highest BCUT2D eigenvalue weighted by atomic mass is 15.2. The van der Waals surface area contributed by atoms with E-state index in [1.165, 1.54) is 12.8 Å². The number of aliphatic imine (C=N–C) groups is 1. The molecule has 2 nitrogen and oxygen atoms in total. The average Bonchev–Trinajstić information content (AvgIpc) is 2.57. The Morgan fingerprint density at radius 2 is 2.00 bits per heavy atom. The summed E-state index contributed by atoms with van der Waals surface area (Å²) >= 11 is 0. The van der Waals surface area contributed by atoms with Gasteiger partial charge in [0.05, 0.1) is 0 Å². The first kappa shape index (κ1) is 10.0. The van der Waals surface area contributed by atoms with Crippen molar-refractivity contribution < 1.29 is 0 Å². The summed E-state index contributed by atoms with van der Waals surface area (Å²) in [5.74, 6) is 1.05. The van der Waals surface area contributed by atoms with Crippen LogP contribution in [0.4, 0.5) is 0 Å². The van der Waals surface area contributed by atoms with E-state index in [9.17, 15) is 0 Å². The maximum Gasteiger partial charge on any atom is 0.130 e. The molecule has 72 valence electrons. The molecular formula is C11H18N2.